The van der Waals surface area contributed by atoms with E-state index >= 15 is 0 Å². The van der Waals surface area contributed by atoms with Crippen molar-refractivity contribution < 1.29 is 0 Å². The molecule has 1 heterocycles. The number of aryl methyl sites for hydroxylation is 1. The molecule has 1 N–H and O–H groups in total. The number of hydrogen-bond acceptors (Lipinski definition) is 2. The largest absolute Gasteiger partial charge is 0.311 e. The first-order chi connectivity index (χ1) is 9.55. The van der Waals surface area contributed by atoms with Gasteiger partial charge in [-0.1, -0.05) is 45.0 Å². The Kier molecular flexibility index (Phi) is 3.87. The Hall–Kier alpha value is -0.860. The summed E-state index contributed by atoms with van der Waals surface area (Å²) in [5.74, 6) is 0. The van der Waals surface area contributed by atoms with Crippen LogP contribution in [0.1, 0.15) is 50.8 Å². The van der Waals surface area contributed by atoms with E-state index in [1.165, 1.54) is 32.4 Å². The molecule has 1 fully saturated rings. The van der Waals surface area contributed by atoms with Crippen molar-refractivity contribution in [1.82, 2.24) is 10.2 Å². The Morgan fingerprint density at radius 2 is 2.00 bits per heavy atom. The molecule has 0 bridgehead atoms. The minimum absolute atomic E-state index is 0.340. The van der Waals surface area contributed by atoms with Gasteiger partial charge in [0.1, 0.15) is 0 Å². The fourth-order valence-corrected chi connectivity index (χ4v) is 3.74. The predicted molar refractivity (Wildman–Crippen MR) is 84.9 cm³/mol. The highest BCUT2D eigenvalue weighted by Gasteiger charge is 2.33. The van der Waals surface area contributed by atoms with E-state index in [9.17, 15) is 0 Å². The smallest absolute Gasteiger partial charge is 0.0352 e. The molecule has 2 unspecified atom stereocenters. The molecule has 0 aromatic heterocycles. The lowest BCUT2D eigenvalue weighted by Gasteiger charge is -2.45. The first-order valence-electron chi connectivity index (χ1n) is 8.11. The highest BCUT2D eigenvalue weighted by Crippen LogP contribution is 2.35. The Labute approximate surface area is 123 Å². The van der Waals surface area contributed by atoms with Gasteiger partial charge in [-0.05, 0) is 35.8 Å². The third-order valence-corrected chi connectivity index (χ3v) is 5.03. The van der Waals surface area contributed by atoms with Gasteiger partial charge in [0, 0.05) is 31.7 Å². The number of rotatable bonds is 1. The highest BCUT2D eigenvalue weighted by molar-refractivity contribution is 5.32. The van der Waals surface area contributed by atoms with E-state index in [1.807, 2.05) is 0 Å². The number of piperazine rings is 1. The van der Waals surface area contributed by atoms with Crippen molar-refractivity contribution in [2.24, 2.45) is 5.41 Å². The third kappa shape index (κ3) is 2.77. The zero-order chi connectivity index (χ0) is 14.2. The van der Waals surface area contributed by atoms with E-state index in [0.717, 1.165) is 6.54 Å². The molecule has 0 amide bonds. The summed E-state index contributed by atoms with van der Waals surface area (Å²) in [6, 6.07) is 10.3. The normalized spacial score (nSPS) is 28.1. The summed E-state index contributed by atoms with van der Waals surface area (Å²) in [7, 11) is 0. The standard InChI is InChI=1S/C18H28N2/c1-18(2,3)17-13-20(12-11-19-17)16-10-6-8-14-7-4-5-9-15(14)16/h4-5,7,9,16-17,19H,6,8,10-13H2,1-3H3. The Morgan fingerprint density at radius 1 is 1.20 bits per heavy atom. The maximum Gasteiger partial charge on any atom is 0.0352 e. The number of fused-ring (bicyclic) bond motifs is 1. The molecule has 20 heavy (non-hydrogen) atoms. The highest BCUT2D eigenvalue weighted by atomic mass is 15.2. The minimum Gasteiger partial charge on any atom is -0.311 e. The molecule has 1 aliphatic carbocycles. The van der Waals surface area contributed by atoms with Gasteiger partial charge in [0.15, 0.2) is 0 Å². The average Bonchev–Trinajstić information content (AvgIpc) is 2.46. The van der Waals surface area contributed by atoms with Crippen LogP contribution in [0.5, 0.6) is 0 Å². The van der Waals surface area contributed by atoms with Gasteiger partial charge < -0.3 is 5.32 Å². The SMILES string of the molecule is CC(C)(C)C1CN(C2CCCc3ccccc32)CCN1. The molecule has 1 aromatic rings. The van der Waals surface area contributed by atoms with Crippen molar-refractivity contribution in [2.75, 3.05) is 19.6 Å². The Balaban J connectivity index is 1.80. The van der Waals surface area contributed by atoms with Gasteiger partial charge >= 0.3 is 0 Å². The zero-order valence-electron chi connectivity index (χ0n) is 13.2. The van der Waals surface area contributed by atoms with Crippen LogP contribution in [0.15, 0.2) is 24.3 Å². The van der Waals surface area contributed by atoms with E-state index in [2.05, 4.69) is 55.3 Å². The molecule has 1 aromatic carbocycles. The summed E-state index contributed by atoms with van der Waals surface area (Å²) < 4.78 is 0. The zero-order valence-corrected chi connectivity index (χ0v) is 13.2. The van der Waals surface area contributed by atoms with Gasteiger partial charge in [-0.2, -0.15) is 0 Å². The third-order valence-electron chi connectivity index (χ3n) is 5.03. The molecule has 2 nitrogen and oxygen atoms in total. The second kappa shape index (κ2) is 5.50. The fourth-order valence-electron chi connectivity index (χ4n) is 3.74. The summed E-state index contributed by atoms with van der Waals surface area (Å²) in [6.45, 7) is 10.5. The summed E-state index contributed by atoms with van der Waals surface area (Å²) in [5.41, 5.74) is 3.51. The lowest BCUT2D eigenvalue weighted by molar-refractivity contribution is 0.0896. The van der Waals surface area contributed by atoms with Gasteiger partial charge in [0.2, 0.25) is 0 Å². The number of hydrogen-bond donors (Lipinski definition) is 1. The van der Waals surface area contributed by atoms with Gasteiger partial charge in [-0.15, -0.1) is 0 Å². The van der Waals surface area contributed by atoms with Crippen LogP contribution in [0.4, 0.5) is 0 Å². The van der Waals surface area contributed by atoms with Crippen LogP contribution in [0.2, 0.25) is 0 Å². The van der Waals surface area contributed by atoms with Gasteiger partial charge in [-0.25, -0.2) is 0 Å². The average molecular weight is 272 g/mol. The van der Waals surface area contributed by atoms with Crippen LogP contribution in [0, 0.1) is 5.41 Å². The van der Waals surface area contributed by atoms with E-state index in [0.29, 0.717) is 17.5 Å². The molecule has 1 saturated heterocycles. The van der Waals surface area contributed by atoms with E-state index < -0.39 is 0 Å². The van der Waals surface area contributed by atoms with Gasteiger partial charge in [0.25, 0.3) is 0 Å². The first kappa shape index (κ1) is 14.1. The summed E-state index contributed by atoms with van der Waals surface area (Å²) in [6.07, 6.45) is 3.93. The van der Waals surface area contributed by atoms with E-state index in [-0.39, 0.29) is 0 Å². The molecular formula is C18H28N2. The quantitative estimate of drug-likeness (QED) is 0.843. The number of nitrogens with zero attached hydrogens (tertiary/aromatic N) is 1. The van der Waals surface area contributed by atoms with Crippen LogP contribution in [-0.2, 0) is 6.42 Å². The summed E-state index contributed by atoms with van der Waals surface area (Å²) in [5, 5.41) is 3.71. The minimum atomic E-state index is 0.340. The molecular weight excluding hydrogens is 244 g/mol. The van der Waals surface area contributed by atoms with Crippen molar-refractivity contribution in [1.29, 1.82) is 0 Å². The van der Waals surface area contributed by atoms with Crippen LogP contribution in [0.25, 0.3) is 0 Å². The summed E-state index contributed by atoms with van der Waals surface area (Å²) >= 11 is 0. The van der Waals surface area contributed by atoms with Crippen molar-refractivity contribution in [3.63, 3.8) is 0 Å². The van der Waals surface area contributed by atoms with Crippen molar-refractivity contribution in [2.45, 2.75) is 52.1 Å². The van der Waals surface area contributed by atoms with Crippen molar-refractivity contribution in [3.05, 3.63) is 35.4 Å². The van der Waals surface area contributed by atoms with Crippen LogP contribution in [0.3, 0.4) is 0 Å². The van der Waals surface area contributed by atoms with Crippen molar-refractivity contribution in [3.8, 4) is 0 Å². The molecule has 2 aliphatic rings. The molecule has 0 radical (unpaired) electrons. The molecule has 2 heteroatoms. The van der Waals surface area contributed by atoms with Crippen LogP contribution < -0.4 is 5.32 Å². The maximum absolute atomic E-state index is 3.71. The number of nitrogens with one attached hydrogen (secondary N) is 1. The van der Waals surface area contributed by atoms with Crippen LogP contribution in [-0.4, -0.2) is 30.6 Å². The lowest BCUT2D eigenvalue weighted by atomic mass is 9.83. The monoisotopic (exact) mass is 272 g/mol. The van der Waals surface area contributed by atoms with E-state index in [1.54, 1.807) is 11.1 Å². The summed E-state index contributed by atoms with van der Waals surface area (Å²) in [4.78, 5) is 2.73. The topological polar surface area (TPSA) is 15.3 Å². The second-order valence-corrected chi connectivity index (χ2v) is 7.47. The Morgan fingerprint density at radius 3 is 2.80 bits per heavy atom. The molecule has 2 atom stereocenters. The van der Waals surface area contributed by atoms with E-state index in [4.69, 9.17) is 0 Å². The molecule has 3 rings (SSSR count). The molecule has 1 aliphatic heterocycles. The number of benzene rings is 1. The molecule has 0 spiro atoms. The molecule has 110 valence electrons. The maximum atomic E-state index is 3.71. The first-order valence-corrected chi connectivity index (χ1v) is 8.11. The lowest BCUT2D eigenvalue weighted by Crippen LogP contribution is -2.56. The van der Waals surface area contributed by atoms with Gasteiger partial charge in [0.05, 0.1) is 0 Å². The Bertz CT molecular complexity index is 461. The van der Waals surface area contributed by atoms with Crippen LogP contribution >= 0.6 is 0 Å². The van der Waals surface area contributed by atoms with Gasteiger partial charge in [-0.3, -0.25) is 4.90 Å². The van der Waals surface area contributed by atoms with Crippen molar-refractivity contribution >= 4 is 0 Å². The second-order valence-electron chi connectivity index (χ2n) is 7.47. The predicted octanol–water partition coefficient (Wildman–Crippen LogP) is 3.38. The molecule has 0 saturated carbocycles. The fraction of sp³-hybridized carbons (Fsp3) is 0.667.